The lowest BCUT2D eigenvalue weighted by atomic mass is 10.1. The van der Waals surface area contributed by atoms with Crippen LogP contribution in [0.2, 0.25) is 0 Å². The SMILES string of the molecule is CC(C)C(CBr)NS(=O)(=O)C(C)(C)C. The molecule has 0 aromatic carbocycles. The van der Waals surface area contributed by atoms with E-state index in [1.807, 2.05) is 13.8 Å². The van der Waals surface area contributed by atoms with Crippen molar-refractivity contribution in [3.05, 3.63) is 0 Å². The Bertz CT molecular complexity index is 267. The second-order valence-electron chi connectivity index (χ2n) is 4.74. The van der Waals surface area contributed by atoms with Gasteiger partial charge in [0.2, 0.25) is 10.0 Å². The molecule has 0 spiro atoms. The highest BCUT2D eigenvalue weighted by Gasteiger charge is 2.31. The molecule has 0 aliphatic rings. The van der Waals surface area contributed by atoms with Gasteiger partial charge in [-0.05, 0) is 26.7 Å². The van der Waals surface area contributed by atoms with Gasteiger partial charge >= 0.3 is 0 Å². The highest BCUT2D eigenvalue weighted by molar-refractivity contribution is 9.09. The van der Waals surface area contributed by atoms with Crippen molar-refractivity contribution in [2.24, 2.45) is 5.92 Å². The predicted molar refractivity (Wildman–Crippen MR) is 64.2 cm³/mol. The number of hydrogen-bond acceptors (Lipinski definition) is 2. The molecule has 0 fully saturated rings. The van der Waals surface area contributed by atoms with Crippen molar-refractivity contribution in [3.8, 4) is 0 Å². The maximum atomic E-state index is 11.8. The van der Waals surface area contributed by atoms with Gasteiger partial charge in [0.25, 0.3) is 0 Å². The van der Waals surface area contributed by atoms with E-state index in [1.54, 1.807) is 20.8 Å². The maximum Gasteiger partial charge on any atom is 0.216 e. The molecule has 0 amide bonds. The van der Waals surface area contributed by atoms with Gasteiger partial charge in [0.05, 0.1) is 4.75 Å². The molecule has 0 rings (SSSR count). The van der Waals surface area contributed by atoms with E-state index in [9.17, 15) is 8.42 Å². The molecule has 0 aliphatic carbocycles. The van der Waals surface area contributed by atoms with E-state index in [-0.39, 0.29) is 12.0 Å². The fraction of sp³-hybridized carbons (Fsp3) is 1.00. The first-order valence-electron chi connectivity index (χ1n) is 4.69. The Morgan fingerprint density at radius 1 is 1.29 bits per heavy atom. The summed E-state index contributed by atoms with van der Waals surface area (Å²) >= 11 is 3.31. The average molecular weight is 286 g/mol. The van der Waals surface area contributed by atoms with Crippen LogP contribution in [0.25, 0.3) is 0 Å². The van der Waals surface area contributed by atoms with Crippen molar-refractivity contribution in [1.82, 2.24) is 4.72 Å². The van der Waals surface area contributed by atoms with Crippen LogP contribution in [0.5, 0.6) is 0 Å². The fourth-order valence-corrected chi connectivity index (χ4v) is 2.95. The quantitative estimate of drug-likeness (QED) is 0.805. The van der Waals surface area contributed by atoms with Crippen LogP contribution in [0.4, 0.5) is 0 Å². The van der Waals surface area contributed by atoms with Gasteiger partial charge in [0.15, 0.2) is 0 Å². The lowest BCUT2D eigenvalue weighted by Gasteiger charge is -2.26. The molecule has 1 atom stereocenters. The Morgan fingerprint density at radius 2 is 1.71 bits per heavy atom. The third-order valence-corrected chi connectivity index (χ3v) is 5.01. The minimum Gasteiger partial charge on any atom is -0.212 e. The molecule has 14 heavy (non-hydrogen) atoms. The number of sulfonamides is 1. The number of halogens is 1. The molecular formula is C9H20BrNO2S. The molecule has 0 bridgehead atoms. The number of hydrogen-bond donors (Lipinski definition) is 1. The Kier molecular flexibility index (Phi) is 5.08. The third-order valence-electron chi connectivity index (χ3n) is 2.08. The molecule has 0 saturated carbocycles. The van der Waals surface area contributed by atoms with Gasteiger partial charge in [-0.15, -0.1) is 0 Å². The molecule has 5 heteroatoms. The summed E-state index contributed by atoms with van der Waals surface area (Å²) in [4.78, 5) is 0. The first-order chi connectivity index (χ1) is 6.12. The highest BCUT2D eigenvalue weighted by atomic mass is 79.9. The summed E-state index contributed by atoms with van der Waals surface area (Å²) in [5.74, 6) is 0.284. The maximum absolute atomic E-state index is 11.8. The third kappa shape index (κ3) is 3.87. The molecule has 0 radical (unpaired) electrons. The Hall–Kier alpha value is 0.390. The van der Waals surface area contributed by atoms with E-state index in [0.717, 1.165) is 0 Å². The molecule has 0 aliphatic heterocycles. The van der Waals surface area contributed by atoms with Crippen LogP contribution in [0.15, 0.2) is 0 Å². The second kappa shape index (κ2) is 4.94. The molecule has 3 nitrogen and oxygen atoms in total. The summed E-state index contributed by atoms with van der Waals surface area (Å²) in [6.45, 7) is 9.08. The summed E-state index contributed by atoms with van der Waals surface area (Å²) < 4.78 is 25.5. The van der Waals surface area contributed by atoms with E-state index in [4.69, 9.17) is 0 Å². The summed E-state index contributed by atoms with van der Waals surface area (Å²) in [5, 5.41) is 0.639. The molecule has 86 valence electrons. The predicted octanol–water partition coefficient (Wildman–Crippen LogP) is 2.12. The van der Waals surface area contributed by atoms with E-state index in [1.165, 1.54) is 0 Å². The van der Waals surface area contributed by atoms with Crippen LogP contribution in [-0.2, 0) is 10.0 Å². The monoisotopic (exact) mass is 285 g/mol. The van der Waals surface area contributed by atoms with Crippen LogP contribution >= 0.6 is 15.9 Å². The molecule has 1 unspecified atom stereocenters. The zero-order valence-corrected chi connectivity index (χ0v) is 11.9. The molecular weight excluding hydrogens is 266 g/mol. The minimum atomic E-state index is -3.23. The molecule has 0 heterocycles. The van der Waals surface area contributed by atoms with Gasteiger partial charge in [-0.2, -0.15) is 0 Å². The topological polar surface area (TPSA) is 46.2 Å². The first kappa shape index (κ1) is 14.4. The Morgan fingerprint density at radius 3 is 1.93 bits per heavy atom. The lowest BCUT2D eigenvalue weighted by molar-refractivity contribution is 0.471. The fourth-order valence-electron chi connectivity index (χ4n) is 0.722. The lowest BCUT2D eigenvalue weighted by Crippen LogP contribution is -2.47. The summed E-state index contributed by atoms with van der Waals surface area (Å²) in [6.07, 6.45) is 0. The molecule has 1 N–H and O–H groups in total. The highest BCUT2D eigenvalue weighted by Crippen LogP contribution is 2.16. The van der Waals surface area contributed by atoms with Gasteiger partial charge in [0, 0.05) is 11.4 Å². The first-order valence-corrected chi connectivity index (χ1v) is 7.30. The normalized spacial score (nSPS) is 15.9. The van der Waals surface area contributed by atoms with E-state index in [0.29, 0.717) is 5.33 Å². The number of nitrogens with one attached hydrogen (secondary N) is 1. The Balaban J connectivity index is 4.67. The van der Waals surface area contributed by atoms with E-state index >= 15 is 0 Å². The van der Waals surface area contributed by atoms with Crippen molar-refractivity contribution in [1.29, 1.82) is 0 Å². The zero-order valence-electron chi connectivity index (χ0n) is 9.46. The smallest absolute Gasteiger partial charge is 0.212 e. The number of alkyl halides is 1. The van der Waals surface area contributed by atoms with Gasteiger partial charge in [0.1, 0.15) is 0 Å². The van der Waals surface area contributed by atoms with Crippen molar-refractivity contribution >= 4 is 26.0 Å². The second-order valence-corrected chi connectivity index (χ2v) is 7.85. The van der Waals surface area contributed by atoms with Gasteiger partial charge < -0.3 is 0 Å². The molecule has 0 aromatic heterocycles. The largest absolute Gasteiger partial charge is 0.216 e. The van der Waals surface area contributed by atoms with Crippen molar-refractivity contribution in [3.63, 3.8) is 0 Å². The van der Waals surface area contributed by atoms with Gasteiger partial charge in [-0.1, -0.05) is 29.8 Å². The molecule has 0 aromatic rings. The summed E-state index contributed by atoms with van der Waals surface area (Å²) in [5.41, 5.74) is 0. The van der Waals surface area contributed by atoms with Crippen molar-refractivity contribution < 1.29 is 8.42 Å². The van der Waals surface area contributed by atoms with Crippen LogP contribution < -0.4 is 4.72 Å². The summed E-state index contributed by atoms with van der Waals surface area (Å²) in [7, 11) is -3.23. The average Bonchev–Trinajstić information content (AvgIpc) is 1.97. The van der Waals surface area contributed by atoms with Crippen LogP contribution in [-0.4, -0.2) is 24.5 Å². The van der Waals surface area contributed by atoms with Crippen molar-refractivity contribution in [2.45, 2.75) is 45.4 Å². The zero-order chi connectivity index (χ0) is 11.6. The van der Waals surface area contributed by atoms with Crippen molar-refractivity contribution in [2.75, 3.05) is 5.33 Å². The van der Waals surface area contributed by atoms with E-state index in [2.05, 4.69) is 20.7 Å². The van der Waals surface area contributed by atoms with Crippen LogP contribution in [0, 0.1) is 5.92 Å². The molecule has 0 saturated heterocycles. The minimum absolute atomic E-state index is 0.0424. The standard InChI is InChI=1S/C9H20BrNO2S/c1-7(2)8(6-10)11-14(12,13)9(3,4)5/h7-8,11H,6H2,1-5H3. The van der Waals surface area contributed by atoms with Gasteiger partial charge in [-0.3, -0.25) is 0 Å². The van der Waals surface area contributed by atoms with E-state index < -0.39 is 14.8 Å². The number of rotatable bonds is 4. The van der Waals surface area contributed by atoms with Crippen LogP contribution in [0.1, 0.15) is 34.6 Å². The van der Waals surface area contributed by atoms with Crippen LogP contribution in [0.3, 0.4) is 0 Å². The summed E-state index contributed by atoms with van der Waals surface area (Å²) in [6, 6.07) is -0.0424. The Labute approximate surface area is 95.8 Å². The van der Waals surface area contributed by atoms with Gasteiger partial charge in [-0.25, -0.2) is 13.1 Å².